The van der Waals surface area contributed by atoms with Crippen LogP contribution in [-0.4, -0.2) is 19.6 Å². The van der Waals surface area contributed by atoms with Crippen LogP contribution in [0.1, 0.15) is 13.3 Å². The van der Waals surface area contributed by atoms with E-state index in [1.165, 1.54) is 6.08 Å². The lowest BCUT2D eigenvalue weighted by Gasteiger charge is -2.09. The Bertz CT molecular complexity index is 502. The van der Waals surface area contributed by atoms with Gasteiger partial charge >= 0.3 is 0 Å². The highest BCUT2D eigenvalue weighted by atomic mass is 32.2. The van der Waals surface area contributed by atoms with E-state index >= 15 is 0 Å². The second-order valence-corrected chi connectivity index (χ2v) is 6.04. The predicted molar refractivity (Wildman–Crippen MR) is 61.5 cm³/mol. The lowest BCUT2D eigenvalue weighted by molar-refractivity contribution is 0.212. The minimum atomic E-state index is -3.42. The molecule has 3 nitrogen and oxygen atoms in total. The summed E-state index contributed by atoms with van der Waals surface area (Å²) < 4.78 is 24.4. The fraction of sp³-hybridized carbons (Fsp3) is 0.333. The summed E-state index contributed by atoms with van der Waals surface area (Å²) in [6, 6.07) is 8.33. The normalized spacial score (nSPS) is 25.5. The highest BCUT2D eigenvalue weighted by Crippen LogP contribution is 2.33. The van der Waals surface area contributed by atoms with Crippen LogP contribution < -0.4 is 0 Å². The molecule has 1 aliphatic carbocycles. The van der Waals surface area contributed by atoms with Gasteiger partial charge in [0.15, 0.2) is 0 Å². The monoisotopic (exact) mass is 238 g/mol. The molecular formula is C12H14O3S. The molecule has 0 radical (unpaired) electrons. The van der Waals surface area contributed by atoms with Crippen molar-refractivity contribution in [3.05, 3.63) is 41.3 Å². The third kappa shape index (κ3) is 1.90. The fourth-order valence-corrected chi connectivity index (χ4v) is 3.74. The third-order valence-corrected chi connectivity index (χ3v) is 4.85. The number of hydrogen-bond acceptors (Lipinski definition) is 3. The zero-order valence-electron chi connectivity index (χ0n) is 9.00. The number of aliphatic hydroxyl groups is 1. The van der Waals surface area contributed by atoms with E-state index in [4.69, 9.17) is 0 Å². The summed E-state index contributed by atoms with van der Waals surface area (Å²) in [6.07, 6.45) is 1.30. The van der Waals surface area contributed by atoms with Crippen molar-refractivity contribution in [2.24, 2.45) is 5.92 Å². The molecule has 4 heteroatoms. The summed E-state index contributed by atoms with van der Waals surface area (Å²) in [7, 11) is -3.42. The number of rotatable bonds is 2. The highest BCUT2D eigenvalue weighted by Gasteiger charge is 2.31. The Hall–Kier alpha value is -1.13. The van der Waals surface area contributed by atoms with Crippen molar-refractivity contribution in [1.29, 1.82) is 0 Å². The Morgan fingerprint density at radius 2 is 1.88 bits per heavy atom. The maximum Gasteiger partial charge on any atom is 0.202 e. The molecule has 0 amide bonds. The van der Waals surface area contributed by atoms with Gasteiger partial charge in [0, 0.05) is 0 Å². The minimum Gasteiger partial charge on any atom is -0.389 e. The zero-order chi connectivity index (χ0) is 11.8. The van der Waals surface area contributed by atoms with E-state index < -0.39 is 15.9 Å². The smallest absolute Gasteiger partial charge is 0.202 e. The molecule has 0 bridgehead atoms. The first-order valence-electron chi connectivity index (χ1n) is 5.21. The molecular weight excluding hydrogens is 224 g/mol. The second-order valence-electron chi connectivity index (χ2n) is 4.09. The van der Waals surface area contributed by atoms with Crippen LogP contribution in [0.25, 0.3) is 0 Å². The Balaban J connectivity index is 2.45. The van der Waals surface area contributed by atoms with Crippen molar-refractivity contribution >= 4 is 9.84 Å². The van der Waals surface area contributed by atoms with Crippen LogP contribution in [-0.2, 0) is 9.84 Å². The van der Waals surface area contributed by atoms with E-state index in [1.807, 2.05) is 6.92 Å². The summed E-state index contributed by atoms with van der Waals surface area (Å²) in [5.74, 6) is -0.111. The van der Waals surface area contributed by atoms with Gasteiger partial charge in [0.05, 0.1) is 15.9 Å². The molecule has 2 atom stereocenters. The summed E-state index contributed by atoms with van der Waals surface area (Å²) in [6.45, 7) is 1.82. The Morgan fingerprint density at radius 1 is 1.25 bits per heavy atom. The topological polar surface area (TPSA) is 54.4 Å². The maximum atomic E-state index is 12.2. The van der Waals surface area contributed by atoms with Gasteiger partial charge < -0.3 is 5.11 Å². The highest BCUT2D eigenvalue weighted by molar-refractivity contribution is 7.95. The van der Waals surface area contributed by atoms with E-state index in [0.717, 1.165) is 0 Å². The SMILES string of the molecule is C[C@@H]1C[C@H](O)C=C1S(=O)(=O)c1ccccc1. The summed E-state index contributed by atoms with van der Waals surface area (Å²) >= 11 is 0. The van der Waals surface area contributed by atoms with Gasteiger partial charge in [0.2, 0.25) is 9.84 Å². The molecule has 16 heavy (non-hydrogen) atoms. The van der Waals surface area contributed by atoms with Gasteiger partial charge in [-0.1, -0.05) is 25.1 Å². The van der Waals surface area contributed by atoms with Crippen molar-refractivity contribution in [2.45, 2.75) is 24.3 Å². The van der Waals surface area contributed by atoms with Crippen molar-refractivity contribution in [1.82, 2.24) is 0 Å². The number of benzene rings is 1. The first-order valence-corrected chi connectivity index (χ1v) is 6.70. The van der Waals surface area contributed by atoms with Crippen LogP contribution >= 0.6 is 0 Å². The Kier molecular flexibility index (Phi) is 2.86. The number of aliphatic hydroxyl groups excluding tert-OH is 1. The maximum absolute atomic E-state index is 12.2. The second kappa shape index (κ2) is 4.03. The van der Waals surface area contributed by atoms with Crippen LogP contribution in [0, 0.1) is 5.92 Å². The lowest BCUT2D eigenvalue weighted by atomic mass is 10.1. The standard InChI is InChI=1S/C12H14O3S/c1-9-7-10(13)8-12(9)16(14,15)11-5-3-2-4-6-11/h2-6,8-10,13H,7H2,1H3/t9-,10+/m1/s1. The van der Waals surface area contributed by atoms with Crippen LogP contribution in [0.4, 0.5) is 0 Å². The molecule has 0 fully saturated rings. The van der Waals surface area contributed by atoms with Crippen LogP contribution in [0.5, 0.6) is 0 Å². The minimum absolute atomic E-state index is 0.111. The lowest BCUT2D eigenvalue weighted by Crippen LogP contribution is -2.08. The molecule has 86 valence electrons. The van der Waals surface area contributed by atoms with Gasteiger partial charge in [-0.05, 0) is 30.5 Å². The average Bonchev–Trinajstić information content (AvgIpc) is 2.60. The van der Waals surface area contributed by atoms with Gasteiger partial charge in [-0.15, -0.1) is 0 Å². The van der Waals surface area contributed by atoms with Gasteiger partial charge in [-0.3, -0.25) is 0 Å². The molecule has 0 aromatic heterocycles. The van der Waals surface area contributed by atoms with E-state index in [0.29, 0.717) is 16.2 Å². The first-order chi connectivity index (χ1) is 7.51. The molecule has 1 aliphatic rings. The Morgan fingerprint density at radius 3 is 2.38 bits per heavy atom. The summed E-state index contributed by atoms with van der Waals surface area (Å²) in [4.78, 5) is 0.633. The van der Waals surface area contributed by atoms with Gasteiger partial charge in [-0.2, -0.15) is 0 Å². The van der Waals surface area contributed by atoms with Gasteiger partial charge in [0.25, 0.3) is 0 Å². The summed E-state index contributed by atoms with van der Waals surface area (Å²) in [5, 5.41) is 9.44. The van der Waals surface area contributed by atoms with Crippen LogP contribution in [0.2, 0.25) is 0 Å². The molecule has 1 aromatic carbocycles. The van der Waals surface area contributed by atoms with E-state index in [1.54, 1.807) is 30.3 Å². The number of allylic oxidation sites excluding steroid dienone is 1. The molecule has 1 N–H and O–H groups in total. The van der Waals surface area contributed by atoms with Crippen LogP contribution in [0.3, 0.4) is 0 Å². The van der Waals surface area contributed by atoms with E-state index in [2.05, 4.69) is 0 Å². The molecule has 0 saturated heterocycles. The van der Waals surface area contributed by atoms with Crippen LogP contribution in [0.15, 0.2) is 46.2 Å². The zero-order valence-corrected chi connectivity index (χ0v) is 9.81. The Labute approximate surface area is 95.3 Å². The van der Waals surface area contributed by atoms with Crippen molar-refractivity contribution in [2.75, 3.05) is 0 Å². The van der Waals surface area contributed by atoms with Crippen molar-refractivity contribution in [3.63, 3.8) is 0 Å². The average molecular weight is 238 g/mol. The van der Waals surface area contributed by atoms with E-state index in [9.17, 15) is 13.5 Å². The molecule has 2 rings (SSSR count). The molecule has 0 spiro atoms. The largest absolute Gasteiger partial charge is 0.389 e. The van der Waals surface area contributed by atoms with Crippen molar-refractivity contribution < 1.29 is 13.5 Å². The van der Waals surface area contributed by atoms with E-state index in [-0.39, 0.29) is 5.92 Å². The number of hydrogen-bond donors (Lipinski definition) is 1. The van der Waals surface area contributed by atoms with Gasteiger partial charge in [-0.25, -0.2) is 8.42 Å². The summed E-state index contributed by atoms with van der Waals surface area (Å²) in [5.41, 5.74) is 0. The number of sulfone groups is 1. The van der Waals surface area contributed by atoms with Crippen molar-refractivity contribution in [3.8, 4) is 0 Å². The molecule has 0 heterocycles. The fourth-order valence-electron chi connectivity index (χ4n) is 1.99. The quantitative estimate of drug-likeness (QED) is 0.854. The van der Waals surface area contributed by atoms with Gasteiger partial charge in [0.1, 0.15) is 0 Å². The molecule has 0 unspecified atom stereocenters. The first kappa shape index (κ1) is 11.4. The third-order valence-electron chi connectivity index (χ3n) is 2.80. The predicted octanol–water partition coefficient (Wildman–Crippen LogP) is 1.74. The molecule has 1 aromatic rings. The molecule has 0 saturated carbocycles. The molecule has 0 aliphatic heterocycles.